The first kappa shape index (κ1) is 15.9. The predicted molar refractivity (Wildman–Crippen MR) is 100 cm³/mol. The van der Waals surface area contributed by atoms with Gasteiger partial charge in [0.1, 0.15) is 0 Å². The van der Waals surface area contributed by atoms with Gasteiger partial charge in [0, 0.05) is 16.9 Å². The zero-order valence-corrected chi connectivity index (χ0v) is 14.5. The van der Waals surface area contributed by atoms with Crippen molar-refractivity contribution >= 4 is 40.5 Å². The number of halogens is 2. The molecule has 1 aliphatic rings. The molecule has 1 amide bonds. The number of para-hydroxylation sites is 1. The maximum Gasteiger partial charge on any atom is 0.262 e. The minimum Gasteiger partial charge on any atom is -0.359 e. The van der Waals surface area contributed by atoms with Gasteiger partial charge < -0.3 is 5.32 Å². The van der Waals surface area contributed by atoms with Crippen LogP contribution in [0.15, 0.2) is 66.9 Å². The summed E-state index contributed by atoms with van der Waals surface area (Å²) in [6, 6.07) is 18.2. The third-order valence-corrected chi connectivity index (χ3v) is 4.61. The number of fused-ring (bicyclic) bond motifs is 1. The summed E-state index contributed by atoms with van der Waals surface area (Å²) in [7, 11) is 0. The van der Waals surface area contributed by atoms with E-state index in [0.717, 1.165) is 5.69 Å². The average molecular weight is 370 g/mol. The van der Waals surface area contributed by atoms with Crippen molar-refractivity contribution in [2.75, 3.05) is 10.2 Å². The second-order valence-electron chi connectivity index (χ2n) is 5.62. The molecule has 1 aliphatic heterocycles. The molecule has 4 rings (SSSR count). The van der Waals surface area contributed by atoms with Gasteiger partial charge in [0.2, 0.25) is 0 Å². The van der Waals surface area contributed by atoms with Gasteiger partial charge in [-0.25, -0.2) is 0 Å². The van der Waals surface area contributed by atoms with Crippen LogP contribution in [0.4, 0.5) is 11.4 Å². The number of benzene rings is 2. The maximum absolute atomic E-state index is 12.9. The molecule has 0 spiro atoms. The summed E-state index contributed by atoms with van der Waals surface area (Å²) in [6.07, 6.45) is 1.23. The van der Waals surface area contributed by atoms with Crippen molar-refractivity contribution in [3.8, 4) is 0 Å². The highest BCUT2D eigenvalue weighted by Crippen LogP contribution is 2.38. The van der Waals surface area contributed by atoms with Crippen molar-refractivity contribution in [3.63, 3.8) is 0 Å². The number of rotatable bonds is 3. The van der Waals surface area contributed by atoms with Gasteiger partial charge in [0.15, 0.2) is 6.17 Å². The van der Waals surface area contributed by atoms with Gasteiger partial charge >= 0.3 is 0 Å². The zero-order valence-electron chi connectivity index (χ0n) is 13.0. The van der Waals surface area contributed by atoms with Crippen LogP contribution in [0.1, 0.15) is 22.2 Å². The monoisotopic (exact) mass is 369 g/mol. The molecule has 2 aromatic carbocycles. The molecule has 0 fully saturated rings. The van der Waals surface area contributed by atoms with Crippen LogP contribution in [0.2, 0.25) is 10.0 Å². The van der Waals surface area contributed by atoms with Gasteiger partial charge in [-0.05, 0) is 42.5 Å². The van der Waals surface area contributed by atoms with Crippen molar-refractivity contribution in [2.24, 2.45) is 0 Å². The molecule has 3 aromatic rings. The van der Waals surface area contributed by atoms with E-state index in [1.165, 1.54) is 0 Å². The summed E-state index contributed by atoms with van der Waals surface area (Å²) in [5.41, 5.74) is 2.72. The number of hydrogen-bond donors (Lipinski definition) is 1. The van der Waals surface area contributed by atoms with Gasteiger partial charge in [-0.1, -0.05) is 41.4 Å². The fourth-order valence-electron chi connectivity index (χ4n) is 2.93. The lowest BCUT2D eigenvalue weighted by molar-refractivity contribution is 0.0993. The first-order chi connectivity index (χ1) is 12.1. The summed E-state index contributed by atoms with van der Waals surface area (Å²) in [6.45, 7) is 0. The number of anilines is 2. The Morgan fingerprint density at radius 3 is 2.56 bits per heavy atom. The van der Waals surface area contributed by atoms with E-state index in [0.29, 0.717) is 27.0 Å². The Kier molecular flexibility index (Phi) is 4.07. The van der Waals surface area contributed by atoms with E-state index in [4.69, 9.17) is 23.2 Å². The van der Waals surface area contributed by atoms with E-state index in [-0.39, 0.29) is 5.91 Å². The molecule has 1 unspecified atom stereocenters. The SMILES string of the molecule is O=C1c2cccnc2C(Nc2ccc(Cl)cc2Cl)N1c1ccccc1. The summed E-state index contributed by atoms with van der Waals surface area (Å²) in [4.78, 5) is 19.0. The third kappa shape index (κ3) is 2.84. The van der Waals surface area contributed by atoms with E-state index < -0.39 is 6.17 Å². The zero-order chi connectivity index (χ0) is 17.4. The number of aromatic nitrogens is 1. The molecule has 1 atom stereocenters. The van der Waals surface area contributed by atoms with Crippen LogP contribution in [-0.2, 0) is 0 Å². The number of hydrogen-bond acceptors (Lipinski definition) is 3. The first-order valence-electron chi connectivity index (χ1n) is 7.70. The highest BCUT2D eigenvalue weighted by atomic mass is 35.5. The first-order valence-corrected chi connectivity index (χ1v) is 8.46. The largest absolute Gasteiger partial charge is 0.359 e. The van der Waals surface area contributed by atoms with Gasteiger partial charge in [-0.15, -0.1) is 0 Å². The third-order valence-electron chi connectivity index (χ3n) is 4.06. The molecular weight excluding hydrogens is 357 g/mol. The fourth-order valence-corrected chi connectivity index (χ4v) is 3.39. The summed E-state index contributed by atoms with van der Waals surface area (Å²) in [5, 5.41) is 4.36. The molecule has 0 radical (unpaired) electrons. The van der Waals surface area contributed by atoms with E-state index in [9.17, 15) is 4.79 Å². The Hall–Kier alpha value is -2.56. The van der Waals surface area contributed by atoms with E-state index in [2.05, 4.69) is 10.3 Å². The fraction of sp³-hybridized carbons (Fsp3) is 0.0526. The van der Waals surface area contributed by atoms with Crippen molar-refractivity contribution in [3.05, 3.63) is 88.2 Å². The number of pyridine rings is 1. The normalized spacial score (nSPS) is 16.0. The lowest BCUT2D eigenvalue weighted by atomic mass is 10.2. The van der Waals surface area contributed by atoms with E-state index in [1.807, 2.05) is 30.3 Å². The molecule has 4 nitrogen and oxygen atoms in total. The van der Waals surface area contributed by atoms with Crippen LogP contribution >= 0.6 is 23.2 Å². The van der Waals surface area contributed by atoms with Crippen molar-refractivity contribution in [1.82, 2.24) is 4.98 Å². The van der Waals surface area contributed by atoms with Gasteiger partial charge in [-0.3, -0.25) is 14.7 Å². The highest BCUT2D eigenvalue weighted by Gasteiger charge is 2.39. The Morgan fingerprint density at radius 2 is 1.80 bits per heavy atom. The Balaban J connectivity index is 1.80. The van der Waals surface area contributed by atoms with Gasteiger partial charge in [-0.2, -0.15) is 0 Å². The van der Waals surface area contributed by atoms with Crippen LogP contribution in [0.3, 0.4) is 0 Å². The second kappa shape index (κ2) is 6.39. The van der Waals surface area contributed by atoms with Crippen LogP contribution < -0.4 is 10.2 Å². The van der Waals surface area contributed by atoms with Crippen molar-refractivity contribution in [1.29, 1.82) is 0 Å². The topological polar surface area (TPSA) is 45.2 Å². The molecule has 25 heavy (non-hydrogen) atoms. The molecule has 1 aromatic heterocycles. The van der Waals surface area contributed by atoms with Crippen molar-refractivity contribution < 1.29 is 4.79 Å². The van der Waals surface area contributed by atoms with E-state index >= 15 is 0 Å². The number of nitrogens with one attached hydrogen (secondary N) is 1. The molecule has 6 heteroatoms. The maximum atomic E-state index is 12.9. The number of nitrogens with zero attached hydrogens (tertiary/aromatic N) is 2. The summed E-state index contributed by atoms with van der Waals surface area (Å²) < 4.78 is 0. The standard InChI is InChI=1S/C19H13Cl2N3O/c20-12-8-9-16(15(21)11-12)23-18-17-14(7-4-10-22-17)19(25)24(18)13-5-2-1-3-6-13/h1-11,18,23H. The Bertz CT molecular complexity index is 946. The Labute approximate surface area is 155 Å². The minimum atomic E-state index is -0.454. The number of carbonyl (C=O) groups is 1. The molecule has 0 saturated heterocycles. The van der Waals surface area contributed by atoms with Crippen LogP contribution in [-0.4, -0.2) is 10.9 Å². The molecule has 124 valence electrons. The smallest absolute Gasteiger partial charge is 0.262 e. The molecule has 0 saturated carbocycles. The van der Waals surface area contributed by atoms with E-state index in [1.54, 1.807) is 41.4 Å². The molecule has 0 bridgehead atoms. The quantitative estimate of drug-likeness (QED) is 0.693. The van der Waals surface area contributed by atoms with Crippen LogP contribution in [0, 0.1) is 0 Å². The number of carbonyl (C=O) groups excluding carboxylic acids is 1. The highest BCUT2D eigenvalue weighted by molar-refractivity contribution is 6.36. The van der Waals surface area contributed by atoms with Crippen LogP contribution in [0.5, 0.6) is 0 Å². The van der Waals surface area contributed by atoms with Gasteiger partial charge in [0.05, 0.1) is 22.0 Å². The average Bonchev–Trinajstić information content (AvgIpc) is 2.91. The van der Waals surface area contributed by atoms with Crippen LogP contribution in [0.25, 0.3) is 0 Å². The van der Waals surface area contributed by atoms with Crippen molar-refractivity contribution in [2.45, 2.75) is 6.17 Å². The molecule has 0 aliphatic carbocycles. The molecule has 1 N–H and O–H groups in total. The predicted octanol–water partition coefficient (Wildman–Crippen LogP) is 5.16. The summed E-state index contributed by atoms with van der Waals surface area (Å²) >= 11 is 12.3. The second-order valence-corrected chi connectivity index (χ2v) is 6.46. The number of amides is 1. The minimum absolute atomic E-state index is 0.100. The Morgan fingerprint density at radius 1 is 1.00 bits per heavy atom. The molecular formula is C19H13Cl2N3O. The molecule has 2 heterocycles. The lowest BCUT2D eigenvalue weighted by Gasteiger charge is -2.27. The summed E-state index contributed by atoms with van der Waals surface area (Å²) in [5.74, 6) is -0.100. The lowest BCUT2D eigenvalue weighted by Crippen LogP contribution is -2.32. The van der Waals surface area contributed by atoms with Gasteiger partial charge in [0.25, 0.3) is 5.91 Å².